The Kier molecular flexibility index (Phi) is 7.13. The molecule has 0 spiro atoms. The summed E-state index contributed by atoms with van der Waals surface area (Å²) in [5.41, 5.74) is 3.49. The summed E-state index contributed by atoms with van der Waals surface area (Å²) in [6.07, 6.45) is 1.71. The number of likely N-dealkylation sites (tertiary alicyclic amines) is 1. The van der Waals surface area contributed by atoms with E-state index in [-0.39, 0.29) is 24.4 Å². The third-order valence-corrected chi connectivity index (χ3v) is 6.35. The van der Waals surface area contributed by atoms with Crippen LogP contribution in [0.25, 0.3) is 0 Å². The van der Waals surface area contributed by atoms with Gasteiger partial charge in [0.05, 0.1) is 12.1 Å². The van der Waals surface area contributed by atoms with Crippen molar-refractivity contribution in [1.29, 1.82) is 5.26 Å². The SMILES string of the molecule is CC(=O)N(C)C1CCN(CC(=O)Nc2c(C#N)c(C)c(C)n2Cc2ccccc2)CC1. The monoisotopic (exact) mass is 421 g/mol. The van der Waals surface area contributed by atoms with Gasteiger partial charge in [-0.2, -0.15) is 5.26 Å². The Morgan fingerprint density at radius 2 is 1.84 bits per heavy atom. The number of benzene rings is 1. The lowest BCUT2D eigenvalue weighted by atomic mass is 10.0. The lowest BCUT2D eigenvalue weighted by molar-refractivity contribution is -0.130. The van der Waals surface area contributed by atoms with Gasteiger partial charge in [0.15, 0.2) is 0 Å². The van der Waals surface area contributed by atoms with Gasteiger partial charge in [0.1, 0.15) is 11.9 Å². The van der Waals surface area contributed by atoms with Gasteiger partial charge in [0, 0.05) is 45.3 Å². The second-order valence-electron chi connectivity index (χ2n) is 8.30. The molecule has 1 aromatic carbocycles. The van der Waals surface area contributed by atoms with Gasteiger partial charge >= 0.3 is 0 Å². The highest BCUT2D eigenvalue weighted by atomic mass is 16.2. The zero-order valence-corrected chi connectivity index (χ0v) is 18.8. The summed E-state index contributed by atoms with van der Waals surface area (Å²) in [6.45, 7) is 7.88. The lowest BCUT2D eigenvalue weighted by Crippen LogP contribution is -2.46. The normalized spacial score (nSPS) is 14.8. The molecule has 3 rings (SSSR count). The van der Waals surface area contributed by atoms with Crippen molar-refractivity contribution >= 4 is 17.6 Å². The van der Waals surface area contributed by atoms with E-state index in [1.807, 2.05) is 55.8 Å². The summed E-state index contributed by atoms with van der Waals surface area (Å²) in [6, 6.07) is 12.5. The van der Waals surface area contributed by atoms with Crippen molar-refractivity contribution in [2.24, 2.45) is 0 Å². The summed E-state index contributed by atoms with van der Waals surface area (Å²) in [7, 11) is 1.84. The van der Waals surface area contributed by atoms with Gasteiger partial charge in [-0.15, -0.1) is 0 Å². The summed E-state index contributed by atoms with van der Waals surface area (Å²) >= 11 is 0. The van der Waals surface area contributed by atoms with Gasteiger partial charge < -0.3 is 14.8 Å². The molecule has 0 bridgehead atoms. The number of aromatic nitrogens is 1. The Morgan fingerprint density at radius 3 is 2.42 bits per heavy atom. The fourth-order valence-corrected chi connectivity index (χ4v) is 4.19. The highest BCUT2D eigenvalue weighted by Crippen LogP contribution is 2.27. The first-order valence-electron chi connectivity index (χ1n) is 10.7. The van der Waals surface area contributed by atoms with Crippen LogP contribution in [0.1, 0.15) is 42.1 Å². The molecule has 1 N–H and O–H groups in total. The number of nitrogens with one attached hydrogen (secondary N) is 1. The Bertz CT molecular complexity index is 982. The number of piperidine rings is 1. The highest BCUT2D eigenvalue weighted by Gasteiger charge is 2.26. The van der Waals surface area contributed by atoms with E-state index < -0.39 is 0 Å². The first kappa shape index (κ1) is 22.6. The predicted molar refractivity (Wildman–Crippen MR) is 121 cm³/mol. The minimum atomic E-state index is -0.123. The van der Waals surface area contributed by atoms with Crippen LogP contribution < -0.4 is 5.32 Å². The zero-order valence-electron chi connectivity index (χ0n) is 18.8. The topological polar surface area (TPSA) is 81.4 Å². The van der Waals surface area contributed by atoms with E-state index >= 15 is 0 Å². The number of carbonyl (C=O) groups excluding carboxylic acids is 2. The Morgan fingerprint density at radius 1 is 1.19 bits per heavy atom. The Labute approximate surface area is 184 Å². The fourth-order valence-electron chi connectivity index (χ4n) is 4.19. The molecule has 1 aliphatic heterocycles. The third-order valence-electron chi connectivity index (χ3n) is 6.35. The zero-order chi connectivity index (χ0) is 22.5. The molecule has 1 fully saturated rings. The van der Waals surface area contributed by atoms with E-state index in [2.05, 4.69) is 16.3 Å². The molecule has 1 aliphatic rings. The molecule has 0 radical (unpaired) electrons. The molecule has 7 heteroatoms. The van der Waals surface area contributed by atoms with Crippen LogP contribution in [0.5, 0.6) is 0 Å². The molecule has 0 saturated carbocycles. The van der Waals surface area contributed by atoms with Crippen LogP contribution in [0.4, 0.5) is 5.82 Å². The smallest absolute Gasteiger partial charge is 0.239 e. The second-order valence-corrected chi connectivity index (χ2v) is 8.30. The fraction of sp³-hybridized carbons (Fsp3) is 0.458. The maximum atomic E-state index is 12.9. The second kappa shape index (κ2) is 9.80. The lowest BCUT2D eigenvalue weighted by Gasteiger charge is -2.36. The molecule has 1 aromatic heterocycles. The molecular formula is C24H31N5O2. The van der Waals surface area contributed by atoms with Gasteiger partial charge in [-0.1, -0.05) is 30.3 Å². The molecule has 2 heterocycles. The minimum Gasteiger partial charge on any atom is -0.343 e. The number of rotatable bonds is 6. The van der Waals surface area contributed by atoms with Crippen LogP contribution in [0.15, 0.2) is 30.3 Å². The van der Waals surface area contributed by atoms with Crippen LogP contribution >= 0.6 is 0 Å². The van der Waals surface area contributed by atoms with Crippen molar-refractivity contribution in [2.45, 2.75) is 46.2 Å². The standard InChI is InChI=1S/C24H31N5O2/c1-17-18(2)29(15-20-8-6-5-7-9-20)24(22(17)14-25)26-23(31)16-28-12-10-21(11-13-28)27(4)19(3)30/h5-9,21H,10-13,15-16H2,1-4H3,(H,26,31). The number of carbonyl (C=O) groups is 2. The number of hydrogen-bond donors (Lipinski definition) is 1. The molecule has 0 atom stereocenters. The van der Waals surface area contributed by atoms with Gasteiger partial charge in [-0.3, -0.25) is 14.5 Å². The number of nitrogens with zero attached hydrogens (tertiary/aromatic N) is 4. The van der Waals surface area contributed by atoms with Crippen molar-refractivity contribution in [3.05, 3.63) is 52.7 Å². The average molecular weight is 422 g/mol. The molecule has 7 nitrogen and oxygen atoms in total. The van der Waals surface area contributed by atoms with Crippen LogP contribution in [-0.4, -0.2) is 58.9 Å². The molecule has 1 saturated heterocycles. The first-order chi connectivity index (χ1) is 14.8. The van der Waals surface area contributed by atoms with E-state index in [1.54, 1.807) is 11.8 Å². The minimum absolute atomic E-state index is 0.0742. The maximum absolute atomic E-state index is 12.9. The van der Waals surface area contributed by atoms with Crippen molar-refractivity contribution in [1.82, 2.24) is 14.4 Å². The van der Waals surface area contributed by atoms with E-state index in [9.17, 15) is 14.9 Å². The van der Waals surface area contributed by atoms with Crippen molar-refractivity contribution in [3.8, 4) is 6.07 Å². The Hall–Kier alpha value is -3.11. The summed E-state index contributed by atoms with van der Waals surface area (Å²) in [5.74, 6) is 0.518. The van der Waals surface area contributed by atoms with Crippen molar-refractivity contribution < 1.29 is 9.59 Å². The van der Waals surface area contributed by atoms with Gasteiger partial charge in [-0.25, -0.2) is 0 Å². The summed E-state index contributed by atoms with van der Waals surface area (Å²) < 4.78 is 2.01. The average Bonchev–Trinajstić information content (AvgIpc) is 2.98. The highest BCUT2D eigenvalue weighted by molar-refractivity contribution is 5.93. The number of nitriles is 1. The number of hydrogen-bond acceptors (Lipinski definition) is 4. The van der Waals surface area contributed by atoms with Gasteiger partial charge in [-0.05, 0) is 37.8 Å². The van der Waals surface area contributed by atoms with Crippen molar-refractivity contribution in [2.75, 3.05) is 32.0 Å². The van der Waals surface area contributed by atoms with Crippen LogP contribution in [-0.2, 0) is 16.1 Å². The van der Waals surface area contributed by atoms with Gasteiger partial charge in [0.25, 0.3) is 0 Å². The van der Waals surface area contributed by atoms with Crippen LogP contribution in [0.2, 0.25) is 0 Å². The molecular weight excluding hydrogens is 390 g/mol. The molecule has 2 aromatic rings. The van der Waals surface area contributed by atoms with Crippen molar-refractivity contribution in [3.63, 3.8) is 0 Å². The molecule has 0 unspecified atom stereocenters. The van der Waals surface area contributed by atoms with Crippen LogP contribution in [0.3, 0.4) is 0 Å². The summed E-state index contributed by atoms with van der Waals surface area (Å²) in [5, 5.41) is 12.7. The first-order valence-corrected chi connectivity index (χ1v) is 10.7. The number of anilines is 1. The molecule has 164 valence electrons. The quantitative estimate of drug-likeness (QED) is 0.778. The van der Waals surface area contributed by atoms with Crippen LogP contribution in [0, 0.1) is 25.2 Å². The third kappa shape index (κ3) is 5.15. The Balaban J connectivity index is 1.69. The summed E-state index contributed by atoms with van der Waals surface area (Å²) in [4.78, 5) is 28.3. The van der Waals surface area contributed by atoms with E-state index in [0.717, 1.165) is 42.8 Å². The van der Waals surface area contributed by atoms with E-state index in [1.165, 1.54) is 0 Å². The largest absolute Gasteiger partial charge is 0.343 e. The van der Waals surface area contributed by atoms with Gasteiger partial charge in [0.2, 0.25) is 11.8 Å². The van der Waals surface area contributed by atoms with E-state index in [0.29, 0.717) is 17.9 Å². The molecule has 0 aliphatic carbocycles. The maximum Gasteiger partial charge on any atom is 0.239 e. The molecule has 31 heavy (non-hydrogen) atoms. The molecule has 2 amide bonds. The number of amides is 2. The van der Waals surface area contributed by atoms with E-state index in [4.69, 9.17) is 0 Å². The predicted octanol–water partition coefficient (Wildman–Crippen LogP) is 2.91.